The van der Waals surface area contributed by atoms with Crippen LogP contribution in [-0.2, 0) is 11.4 Å². The number of thiocarbonyl (C=S) groups is 1. The van der Waals surface area contributed by atoms with Crippen LogP contribution in [0.5, 0.6) is 5.75 Å². The highest BCUT2D eigenvalue weighted by Crippen LogP contribution is 2.38. The van der Waals surface area contributed by atoms with E-state index in [1.54, 1.807) is 12.1 Å². The predicted octanol–water partition coefficient (Wildman–Crippen LogP) is 6.34. The zero-order valence-corrected chi connectivity index (χ0v) is 19.7. The molecule has 0 bridgehead atoms. The molecule has 0 unspecified atom stereocenters. The van der Waals surface area contributed by atoms with Crippen molar-refractivity contribution in [2.24, 2.45) is 0 Å². The molecule has 160 valence electrons. The minimum atomic E-state index is -0.505. The van der Waals surface area contributed by atoms with Crippen LogP contribution >= 0.6 is 39.9 Å². The second-order valence-corrected chi connectivity index (χ2v) is 9.34. The van der Waals surface area contributed by atoms with E-state index in [4.69, 9.17) is 17.0 Å². The number of amides is 1. The Kier molecular flexibility index (Phi) is 6.69. The Morgan fingerprint density at radius 2 is 1.88 bits per heavy atom. The minimum absolute atomic E-state index is 0.107. The largest absolute Gasteiger partial charge is 0.488 e. The van der Waals surface area contributed by atoms with Gasteiger partial charge in [0.1, 0.15) is 12.4 Å². The van der Waals surface area contributed by atoms with Crippen molar-refractivity contribution >= 4 is 67.6 Å². The number of carbonyl (C=O) groups is 1. The minimum Gasteiger partial charge on any atom is -0.488 e. The van der Waals surface area contributed by atoms with Gasteiger partial charge in [-0.3, -0.25) is 19.8 Å². The van der Waals surface area contributed by atoms with Crippen LogP contribution in [0.1, 0.15) is 11.1 Å². The number of hydrogen-bond acceptors (Lipinski definition) is 6. The SMILES string of the molecule is O=C1/C(=C\c2cc(Br)ccc2OCc2ccccc2)SC(=S)N1c1cccc([N+](=O)[O-])c1. The van der Waals surface area contributed by atoms with Gasteiger partial charge in [-0.05, 0) is 35.9 Å². The van der Waals surface area contributed by atoms with Crippen molar-refractivity contribution in [1.82, 2.24) is 0 Å². The van der Waals surface area contributed by atoms with Gasteiger partial charge in [-0.25, -0.2) is 0 Å². The smallest absolute Gasteiger partial charge is 0.271 e. The maximum absolute atomic E-state index is 13.1. The molecule has 1 fully saturated rings. The summed E-state index contributed by atoms with van der Waals surface area (Å²) in [6.07, 6.45) is 1.72. The van der Waals surface area contributed by atoms with Gasteiger partial charge in [0.05, 0.1) is 15.5 Å². The molecule has 0 saturated carbocycles. The summed E-state index contributed by atoms with van der Waals surface area (Å²) in [5.41, 5.74) is 2.00. The van der Waals surface area contributed by atoms with Crippen LogP contribution in [0.2, 0.25) is 0 Å². The molecule has 1 heterocycles. The van der Waals surface area contributed by atoms with Gasteiger partial charge in [-0.1, -0.05) is 76.3 Å². The van der Waals surface area contributed by atoms with E-state index >= 15 is 0 Å². The summed E-state index contributed by atoms with van der Waals surface area (Å²) >= 11 is 10.00. The first-order valence-electron chi connectivity index (χ1n) is 9.41. The summed E-state index contributed by atoms with van der Waals surface area (Å²) in [4.78, 5) is 25.4. The molecule has 0 aromatic heterocycles. The monoisotopic (exact) mass is 526 g/mol. The van der Waals surface area contributed by atoms with Crippen molar-refractivity contribution in [1.29, 1.82) is 0 Å². The van der Waals surface area contributed by atoms with Crippen molar-refractivity contribution in [3.63, 3.8) is 0 Å². The van der Waals surface area contributed by atoms with Crippen LogP contribution in [0.15, 0.2) is 82.2 Å². The Morgan fingerprint density at radius 3 is 2.62 bits per heavy atom. The molecule has 0 N–H and O–H groups in total. The average molecular weight is 527 g/mol. The molecule has 9 heteroatoms. The molecular weight excluding hydrogens is 512 g/mol. The Bertz CT molecular complexity index is 1250. The standard InChI is InChI=1S/C23H15BrN2O4S2/c24-17-9-10-20(30-14-15-5-2-1-3-6-15)16(11-17)12-21-22(27)25(23(31)32-21)18-7-4-8-19(13-18)26(28)29/h1-13H,14H2/b21-12+. The molecule has 1 amide bonds. The molecule has 32 heavy (non-hydrogen) atoms. The molecule has 6 nitrogen and oxygen atoms in total. The van der Waals surface area contributed by atoms with Crippen LogP contribution in [0.4, 0.5) is 11.4 Å². The van der Waals surface area contributed by atoms with E-state index in [1.165, 1.54) is 23.1 Å². The summed E-state index contributed by atoms with van der Waals surface area (Å²) in [6.45, 7) is 0.387. The van der Waals surface area contributed by atoms with Gasteiger partial charge in [-0.15, -0.1) is 0 Å². The zero-order chi connectivity index (χ0) is 22.7. The molecule has 1 saturated heterocycles. The van der Waals surface area contributed by atoms with Crippen molar-refractivity contribution in [3.8, 4) is 5.75 Å². The van der Waals surface area contributed by atoms with E-state index in [1.807, 2.05) is 48.5 Å². The lowest BCUT2D eigenvalue weighted by molar-refractivity contribution is -0.384. The van der Waals surface area contributed by atoms with E-state index < -0.39 is 4.92 Å². The topological polar surface area (TPSA) is 72.7 Å². The first-order chi connectivity index (χ1) is 15.4. The van der Waals surface area contributed by atoms with Gasteiger partial charge in [0.25, 0.3) is 11.6 Å². The predicted molar refractivity (Wildman–Crippen MR) is 134 cm³/mol. The van der Waals surface area contributed by atoms with E-state index in [0.29, 0.717) is 27.3 Å². The number of non-ortho nitro benzene ring substituents is 1. The van der Waals surface area contributed by atoms with E-state index in [2.05, 4.69) is 15.9 Å². The number of nitrogens with zero attached hydrogens (tertiary/aromatic N) is 2. The Morgan fingerprint density at radius 1 is 1.09 bits per heavy atom. The fourth-order valence-corrected chi connectivity index (χ4v) is 4.74. The highest BCUT2D eigenvalue weighted by Gasteiger charge is 2.34. The molecule has 3 aromatic carbocycles. The number of halogens is 1. The number of rotatable bonds is 6. The fraction of sp³-hybridized carbons (Fsp3) is 0.0435. The molecule has 1 aliphatic rings. The lowest BCUT2D eigenvalue weighted by atomic mass is 10.1. The number of nitro benzene ring substituents is 1. The number of carbonyl (C=O) groups excluding carboxylic acids is 1. The molecule has 0 aliphatic carbocycles. The molecule has 0 spiro atoms. The van der Waals surface area contributed by atoms with E-state index in [-0.39, 0.29) is 11.6 Å². The van der Waals surface area contributed by atoms with Crippen LogP contribution in [0.25, 0.3) is 6.08 Å². The van der Waals surface area contributed by atoms with Crippen molar-refractivity contribution in [2.45, 2.75) is 6.61 Å². The van der Waals surface area contributed by atoms with Crippen molar-refractivity contribution in [2.75, 3.05) is 4.90 Å². The summed E-state index contributed by atoms with van der Waals surface area (Å²) in [7, 11) is 0. The van der Waals surface area contributed by atoms with E-state index in [0.717, 1.165) is 27.4 Å². The lowest BCUT2D eigenvalue weighted by Crippen LogP contribution is -2.27. The third-order valence-electron chi connectivity index (χ3n) is 4.59. The van der Waals surface area contributed by atoms with Gasteiger partial charge in [-0.2, -0.15) is 0 Å². The maximum atomic E-state index is 13.1. The van der Waals surface area contributed by atoms with Gasteiger partial charge in [0, 0.05) is 22.2 Å². The van der Waals surface area contributed by atoms with Crippen LogP contribution in [0.3, 0.4) is 0 Å². The first kappa shape index (κ1) is 22.2. The average Bonchev–Trinajstić information content (AvgIpc) is 3.06. The normalized spacial score (nSPS) is 14.8. The number of benzene rings is 3. The third kappa shape index (κ3) is 4.90. The highest BCUT2D eigenvalue weighted by molar-refractivity contribution is 9.10. The third-order valence-corrected chi connectivity index (χ3v) is 6.38. The second kappa shape index (κ2) is 9.64. The Hall–Kier alpha value is -3.01. The van der Waals surface area contributed by atoms with Crippen LogP contribution < -0.4 is 9.64 Å². The Labute approximate surface area is 202 Å². The molecule has 4 rings (SSSR count). The van der Waals surface area contributed by atoms with Gasteiger partial charge in [0.15, 0.2) is 4.32 Å². The number of ether oxygens (including phenoxy) is 1. The summed E-state index contributed by atoms with van der Waals surface area (Å²) in [5.74, 6) is 0.284. The van der Waals surface area contributed by atoms with Crippen LogP contribution in [0, 0.1) is 10.1 Å². The second-order valence-electron chi connectivity index (χ2n) is 6.75. The maximum Gasteiger partial charge on any atom is 0.271 e. The van der Waals surface area contributed by atoms with Gasteiger partial charge in [0.2, 0.25) is 0 Å². The summed E-state index contributed by atoms with van der Waals surface area (Å²) in [5, 5.41) is 11.1. The Balaban J connectivity index is 1.62. The van der Waals surface area contributed by atoms with Gasteiger partial charge >= 0.3 is 0 Å². The molecule has 0 atom stereocenters. The van der Waals surface area contributed by atoms with E-state index in [9.17, 15) is 14.9 Å². The molecule has 1 aliphatic heterocycles. The first-order valence-corrected chi connectivity index (χ1v) is 11.4. The summed E-state index contributed by atoms with van der Waals surface area (Å²) < 4.78 is 7.14. The van der Waals surface area contributed by atoms with Crippen molar-refractivity contribution < 1.29 is 14.5 Å². The number of hydrogen-bond donors (Lipinski definition) is 0. The molecule has 3 aromatic rings. The number of nitro groups is 1. The number of thioether (sulfide) groups is 1. The summed E-state index contributed by atoms with van der Waals surface area (Å²) in [6, 6.07) is 21.2. The fourth-order valence-electron chi connectivity index (χ4n) is 3.08. The molecular formula is C23H15BrN2O4S2. The van der Waals surface area contributed by atoms with Crippen molar-refractivity contribution in [3.05, 3.63) is 103 Å². The lowest BCUT2D eigenvalue weighted by Gasteiger charge is -2.14. The van der Waals surface area contributed by atoms with Crippen LogP contribution in [-0.4, -0.2) is 15.2 Å². The molecule has 0 radical (unpaired) electrons. The number of anilines is 1. The van der Waals surface area contributed by atoms with Gasteiger partial charge < -0.3 is 4.74 Å². The highest BCUT2D eigenvalue weighted by atomic mass is 79.9. The zero-order valence-electron chi connectivity index (χ0n) is 16.4. The quantitative estimate of drug-likeness (QED) is 0.161.